The summed E-state index contributed by atoms with van der Waals surface area (Å²) in [5, 5.41) is 3.75. The van der Waals surface area contributed by atoms with Gasteiger partial charge in [0.15, 0.2) is 11.5 Å². The number of nitrogens with one attached hydrogen (secondary N) is 1. The van der Waals surface area contributed by atoms with Gasteiger partial charge in [-0.25, -0.2) is 9.37 Å². The number of methoxy groups -OCH3 is 2. The smallest absolute Gasteiger partial charge is 0.254 e. The predicted octanol–water partition coefficient (Wildman–Crippen LogP) is 5.46. The van der Waals surface area contributed by atoms with Crippen LogP contribution in [-0.4, -0.2) is 96.9 Å². The molecule has 3 heterocycles. The van der Waals surface area contributed by atoms with Crippen LogP contribution in [0.3, 0.4) is 0 Å². The van der Waals surface area contributed by atoms with E-state index in [1.807, 2.05) is 43.0 Å². The van der Waals surface area contributed by atoms with Crippen LogP contribution in [0.1, 0.15) is 54.1 Å². The summed E-state index contributed by atoms with van der Waals surface area (Å²) < 4.78 is 32.9. The number of halogens is 1. The van der Waals surface area contributed by atoms with Crippen molar-refractivity contribution in [3.8, 4) is 11.5 Å². The number of aromatic nitrogens is 2. The summed E-state index contributed by atoms with van der Waals surface area (Å²) in [7, 11) is 3.19. The van der Waals surface area contributed by atoms with Gasteiger partial charge in [0.1, 0.15) is 5.82 Å². The van der Waals surface area contributed by atoms with Crippen molar-refractivity contribution in [3.05, 3.63) is 83.2 Å². The van der Waals surface area contributed by atoms with E-state index in [-0.39, 0.29) is 22.6 Å². The highest BCUT2D eigenvalue weighted by Crippen LogP contribution is 2.40. The van der Waals surface area contributed by atoms with E-state index in [0.29, 0.717) is 49.4 Å². The number of likely N-dealkylation sites (tertiary alicyclic amines) is 2. The fourth-order valence-electron chi connectivity index (χ4n) is 7.46. The summed E-state index contributed by atoms with van der Waals surface area (Å²) in [4.78, 5) is 23.2. The summed E-state index contributed by atoms with van der Waals surface area (Å²) in [6, 6.07) is 19.1. The zero-order valence-corrected chi connectivity index (χ0v) is 29.1. The summed E-state index contributed by atoms with van der Waals surface area (Å²) in [5.74, 6) is 1.81. The maximum absolute atomic E-state index is 14.0. The van der Waals surface area contributed by atoms with Crippen LogP contribution < -0.4 is 14.8 Å². The van der Waals surface area contributed by atoms with Crippen molar-refractivity contribution in [3.63, 3.8) is 0 Å². The van der Waals surface area contributed by atoms with Gasteiger partial charge in [0.2, 0.25) is 5.95 Å². The van der Waals surface area contributed by atoms with Crippen LogP contribution in [0.5, 0.6) is 11.5 Å². The van der Waals surface area contributed by atoms with Gasteiger partial charge in [0, 0.05) is 56.4 Å². The number of para-hydroxylation sites is 2. The van der Waals surface area contributed by atoms with E-state index in [9.17, 15) is 9.18 Å². The number of imidazole rings is 1. The Bertz CT molecular complexity index is 1700. The molecule has 49 heavy (non-hydrogen) atoms. The highest BCUT2D eigenvalue weighted by Gasteiger charge is 2.42. The minimum Gasteiger partial charge on any atom is -0.493 e. The van der Waals surface area contributed by atoms with E-state index in [1.54, 1.807) is 20.3 Å². The summed E-state index contributed by atoms with van der Waals surface area (Å²) in [6.45, 7) is 10.1. The van der Waals surface area contributed by atoms with Crippen molar-refractivity contribution in [1.82, 2.24) is 19.4 Å². The number of benzene rings is 3. The number of ether oxygens (including phenoxy) is 3. The lowest BCUT2D eigenvalue weighted by Gasteiger charge is -2.36. The molecule has 3 aromatic carbocycles. The lowest BCUT2D eigenvalue weighted by molar-refractivity contribution is 0.0779. The van der Waals surface area contributed by atoms with Crippen LogP contribution in [0.25, 0.3) is 11.0 Å². The van der Waals surface area contributed by atoms with Crippen molar-refractivity contribution in [2.75, 3.05) is 65.5 Å². The first-order valence-corrected chi connectivity index (χ1v) is 17.1. The van der Waals surface area contributed by atoms with Gasteiger partial charge in [0.25, 0.3) is 5.91 Å². The Morgan fingerprint density at radius 1 is 1.02 bits per heavy atom. The first-order valence-electron chi connectivity index (χ1n) is 17.1. The third-order valence-electron chi connectivity index (χ3n) is 10.2. The highest BCUT2D eigenvalue weighted by atomic mass is 19.1. The molecule has 0 saturated carbocycles. The number of hydrogen-bond acceptors (Lipinski definition) is 7. The number of carbonyl (C=O) groups excluding carboxylic acids is 1. The lowest BCUT2D eigenvalue weighted by Crippen LogP contribution is -2.42. The minimum atomic E-state index is -0.254. The molecule has 1 atom stereocenters. The molecule has 0 radical (unpaired) electrons. The number of rotatable bonds is 13. The van der Waals surface area contributed by atoms with Crippen molar-refractivity contribution in [2.24, 2.45) is 0 Å². The number of anilines is 1. The van der Waals surface area contributed by atoms with Crippen molar-refractivity contribution < 1.29 is 28.9 Å². The fraction of sp³-hybridized carbons (Fsp3) is 0.474. The van der Waals surface area contributed by atoms with Gasteiger partial charge in [-0.1, -0.05) is 24.3 Å². The molecule has 2 fully saturated rings. The van der Waals surface area contributed by atoms with Gasteiger partial charge in [-0.2, -0.15) is 0 Å². The molecule has 0 spiro atoms. The Hall–Kier alpha value is -4.19. The lowest BCUT2D eigenvalue weighted by atomic mass is 9.76. The van der Waals surface area contributed by atoms with Crippen molar-refractivity contribution in [2.45, 2.75) is 57.5 Å². The van der Waals surface area contributed by atoms with Crippen LogP contribution in [0.15, 0.2) is 60.7 Å². The average molecular weight is 676 g/mol. The van der Waals surface area contributed by atoms with Crippen molar-refractivity contribution in [1.29, 1.82) is 0 Å². The molecule has 11 heteroatoms. The topological polar surface area (TPSA) is 113 Å². The van der Waals surface area contributed by atoms with Gasteiger partial charge < -0.3 is 39.4 Å². The van der Waals surface area contributed by atoms with Crippen LogP contribution in [0, 0.1) is 12.7 Å². The average Bonchev–Trinajstić information content (AvgIpc) is 3.70. The second-order valence-corrected chi connectivity index (χ2v) is 13.1. The molecular weight excluding hydrogens is 625 g/mol. The van der Waals surface area contributed by atoms with E-state index >= 15 is 0 Å². The van der Waals surface area contributed by atoms with E-state index in [2.05, 4.69) is 33.0 Å². The molecule has 1 aromatic heterocycles. The second kappa shape index (κ2) is 16.0. The maximum Gasteiger partial charge on any atom is 0.254 e. The molecule has 1 unspecified atom stereocenters. The first-order chi connectivity index (χ1) is 23.3. The molecule has 1 amide bonds. The monoisotopic (exact) mass is 675 g/mol. The molecule has 264 valence electrons. The molecular formula is C38H50FN5O5. The van der Waals surface area contributed by atoms with Crippen LogP contribution >= 0.6 is 0 Å². The number of carbonyl (C=O) groups is 1. The van der Waals surface area contributed by atoms with Gasteiger partial charge in [-0.3, -0.25) is 4.79 Å². The molecule has 2 saturated heterocycles. The zero-order chi connectivity index (χ0) is 33.7. The normalized spacial score (nSPS) is 18.4. The summed E-state index contributed by atoms with van der Waals surface area (Å²) in [5.41, 5.74) is 4.38. The number of aryl methyl sites for hydroxylation is 1. The van der Waals surface area contributed by atoms with Gasteiger partial charge >= 0.3 is 0 Å². The highest BCUT2D eigenvalue weighted by molar-refractivity contribution is 5.95. The summed E-state index contributed by atoms with van der Waals surface area (Å²) >= 11 is 0. The van der Waals surface area contributed by atoms with Crippen molar-refractivity contribution >= 4 is 22.9 Å². The quantitative estimate of drug-likeness (QED) is 0.187. The Morgan fingerprint density at radius 3 is 2.49 bits per heavy atom. The van der Waals surface area contributed by atoms with E-state index in [1.165, 1.54) is 12.1 Å². The minimum absolute atomic E-state index is 0. The number of nitrogens with zero attached hydrogens (tertiary/aromatic N) is 4. The Kier molecular flexibility index (Phi) is 11.8. The Labute approximate surface area is 288 Å². The number of hydrogen-bond donors (Lipinski definition) is 1. The third-order valence-corrected chi connectivity index (χ3v) is 10.2. The summed E-state index contributed by atoms with van der Waals surface area (Å²) in [6.07, 6.45) is 3.74. The molecule has 10 nitrogen and oxygen atoms in total. The first kappa shape index (κ1) is 36.1. The van der Waals surface area contributed by atoms with E-state index < -0.39 is 0 Å². The fourth-order valence-corrected chi connectivity index (χ4v) is 7.46. The standard InChI is InChI=1S/C38H48FN5O4.H2O/c1-5-48-23-22-44-33-9-7-6-8-32(33)41-37(44)40-31-14-18-42(19-15-31)20-16-38(29-10-12-30(39)13-11-29)17-21-43(26-38)36(45)28-24-27(2)35(47-4)34(25-28)46-3;/h6-13,24-25,31H,5,14-23,26H2,1-4H3,(H,40,41);1H2. The number of amides is 1. The maximum atomic E-state index is 14.0. The van der Waals surface area contributed by atoms with Crippen LogP contribution in [0.4, 0.5) is 10.3 Å². The molecule has 0 aliphatic carbocycles. The molecule has 3 N–H and O–H groups in total. The molecule has 4 aromatic rings. The predicted molar refractivity (Wildman–Crippen MR) is 190 cm³/mol. The molecule has 2 aliphatic rings. The van der Waals surface area contributed by atoms with Crippen LogP contribution in [0.2, 0.25) is 0 Å². The van der Waals surface area contributed by atoms with E-state index in [0.717, 1.165) is 80.0 Å². The SMILES string of the molecule is CCOCCn1c(NC2CCN(CCC3(c4ccc(F)cc4)CCN(C(=O)c4cc(C)c(OC)c(OC)c4)C3)CC2)nc2ccccc21.O. The van der Waals surface area contributed by atoms with Gasteiger partial charge in [0.05, 0.1) is 31.9 Å². The van der Waals surface area contributed by atoms with Gasteiger partial charge in [-0.15, -0.1) is 0 Å². The molecule has 6 rings (SSSR count). The second-order valence-electron chi connectivity index (χ2n) is 13.1. The van der Waals surface area contributed by atoms with E-state index in [4.69, 9.17) is 19.2 Å². The Morgan fingerprint density at radius 2 is 1.78 bits per heavy atom. The number of fused-ring (bicyclic) bond motifs is 1. The molecule has 2 aliphatic heterocycles. The largest absolute Gasteiger partial charge is 0.493 e. The molecule has 0 bridgehead atoms. The Balaban J connectivity index is 0.00000468. The number of piperidine rings is 1. The van der Waals surface area contributed by atoms with Gasteiger partial charge in [-0.05, 0) is 93.6 Å². The third kappa shape index (κ3) is 7.84. The zero-order valence-electron chi connectivity index (χ0n) is 29.1. The van der Waals surface area contributed by atoms with Crippen LogP contribution in [-0.2, 0) is 16.7 Å².